The van der Waals surface area contributed by atoms with Crippen molar-refractivity contribution in [3.63, 3.8) is 0 Å². The third-order valence-corrected chi connectivity index (χ3v) is 21.9. The molecule has 8 unspecified atom stereocenters. The van der Waals surface area contributed by atoms with Crippen LogP contribution in [-0.4, -0.2) is 155 Å². The molecule has 0 N–H and O–H groups in total. The molecule has 8 aliphatic rings. The molecular formula is C88H98O16. The predicted molar refractivity (Wildman–Crippen MR) is 395 cm³/mol. The van der Waals surface area contributed by atoms with Gasteiger partial charge in [-0.15, -0.1) is 0 Å². The molecule has 0 bridgehead atoms. The molecule has 16 rings (SSSR count). The van der Waals surface area contributed by atoms with Crippen LogP contribution in [0.25, 0.3) is 0 Å². The van der Waals surface area contributed by atoms with Gasteiger partial charge < -0.3 is 75.8 Å². The summed E-state index contributed by atoms with van der Waals surface area (Å²) in [6.45, 7) is 29.9. The number of epoxide rings is 8. The molecule has 8 aromatic carbocycles. The molecule has 0 aliphatic carbocycles. The van der Waals surface area contributed by atoms with Crippen LogP contribution in [0.4, 0.5) is 0 Å². The quantitative estimate of drug-likeness (QED) is 0.0334. The molecule has 546 valence electrons. The van der Waals surface area contributed by atoms with Gasteiger partial charge in [0.1, 0.15) is 148 Å². The molecule has 16 nitrogen and oxygen atoms in total. The molecule has 8 aromatic rings. The van der Waals surface area contributed by atoms with Crippen LogP contribution in [0.1, 0.15) is 139 Å². The van der Waals surface area contributed by atoms with Crippen LogP contribution < -0.4 is 37.9 Å². The molecule has 8 aliphatic heterocycles. The van der Waals surface area contributed by atoms with E-state index in [0.29, 0.717) is 98.5 Å². The summed E-state index contributed by atoms with van der Waals surface area (Å²) < 4.78 is 98.7. The minimum Gasteiger partial charge on any atom is -0.491 e. The Kier molecular flexibility index (Phi) is 19.8. The molecular weight excluding hydrogens is 1310 g/mol. The molecule has 16 heteroatoms. The topological polar surface area (TPSA) is 174 Å². The van der Waals surface area contributed by atoms with Gasteiger partial charge in [-0.3, -0.25) is 0 Å². The van der Waals surface area contributed by atoms with Gasteiger partial charge in [0, 0.05) is 40.9 Å². The van der Waals surface area contributed by atoms with Crippen molar-refractivity contribution in [1.82, 2.24) is 0 Å². The Balaban J connectivity index is 0.845. The summed E-state index contributed by atoms with van der Waals surface area (Å²) in [6, 6.07) is 55.0. The maximum atomic E-state index is 7.39. The predicted octanol–water partition coefficient (Wildman–Crippen LogP) is 14.3. The SMILES string of the molecule is Cc1cc(C(C)(C)c2ccc(OCC3CO3)cc2)cc(Cc2cc(C(C)(C)c3ccc(OCC4CO4)cc3)cc(Cc3cc(C(C)(C)c4ccc(OCC5CO5)cc4)cc(Cc4cc(C(C)(C)c5ccc(OCC6CO6)cc5)ccc4OCC4CO4)c3OCC3CO3)c2OCC2CO2)c1OCC1CO1. The molecule has 0 radical (unpaired) electrons. The fourth-order valence-corrected chi connectivity index (χ4v) is 13.9. The maximum Gasteiger partial charge on any atom is 0.126 e. The lowest BCUT2D eigenvalue weighted by Crippen LogP contribution is -2.22. The van der Waals surface area contributed by atoms with Crippen LogP contribution in [0.5, 0.6) is 46.0 Å². The third-order valence-electron chi connectivity index (χ3n) is 21.9. The van der Waals surface area contributed by atoms with E-state index in [2.05, 4.69) is 214 Å². The Morgan fingerprint density at radius 3 is 0.769 bits per heavy atom. The zero-order chi connectivity index (χ0) is 71.3. The van der Waals surface area contributed by atoms with E-state index < -0.39 is 21.7 Å². The van der Waals surface area contributed by atoms with E-state index in [1.807, 2.05) is 0 Å². The maximum absolute atomic E-state index is 7.39. The Morgan fingerprint density at radius 2 is 0.471 bits per heavy atom. The molecule has 104 heavy (non-hydrogen) atoms. The molecule has 0 amide bonds. The van der Waals surface area contributed by atoms with Crippen molar-refractivity contribution in [2.45, 2.75) is 152 Å². The minimum atomic E-state index is -0.537. The standard InChI is InChI=1S/C88H98O16/c1-54-28-66(86(4,5)62-12-21-70(22-13-62)90-39-74-43-94-74)33-56(82(54)102-51-78-47-98-78)30-58-35-68(88(8,9)64-16-25-72(26-17-64)92-41-76-45-96-76)37-60(84(58)104-53-80-49-100-80)31-59-36-67(87(6,7)63-14-23-71(24-15-63)91-40-75-44-95-75)34-57(83(59)103-52-79-48-99-79)29-55-32-65(18-27-81(55)101-50-77-46-97-77)85(2,3)61-10-19-69(20-11-61)89-38-73-42-93-73/h10-28,32-37,73-80H,29-31,38-53H2,1-9H3. The number of hydrogen-bond acceptors (Lipinski definition) is 16. The van der Waals surface area contributed by atoms with Gasteiger partial charge in [0.05, 0.1) is 52.9 Å². The summed E-state index contributed by atoms with van der Waals surface area (Å²) >= 11 is 0. The van der Waals surface area contributed by atoms with Gasteiger partial charge in [0.25, 0.3) is 0 Å². The van der Waals surface area contributed by atoms with Crippen LogP contribution in [0.2, 0.25) is 0 Å². The third kappa shape index (κ3) is 17.2. The highest BCUT2D eigenvalue weighted by Gasteiger charge is 2.37. The van der Waals surface area contributed by atoms with Crippen LogP contribution in [-0.2, 0) is 78.8 Å². The number of rotatable bonds is 38. The Hall–Kier alpha value is -8.16. The van der Waals surface area contributed by atoms with Gasteiger partial charge in [-0.05, 0) is 145 Å². The van der Waals surface area contributed by atoms with E-state index in [1.165, 1.54) is 0 Å². The van der Waals surface area contributed by atoms with Crippen molar-refractivity contribution in [2.75, 3.05) is 106 Å². The first-order valence-corrected chi connectivity index (χ1v) is 37.3. The van der Waals surface area contributed by atoms with Crippen molar-refractivity contribution in [3.05, 3.63) is 235 Å². The van der Waals surface area contributed by atoms with E-state index in [-0.39, 0.29) is 48.8 Å². The molecule has 8 atom stereocenters. The smallest absolute Gasteiger partial charge is 0.126 e. The van der Waals surface area contributed by atoms with Gasteiger partial charge in [-0.2, -0.15) is 0 Å². The summed E-state index contributed by atoms with van der Waals surface area (Å²) in [7, 11) is 0. The average molecular weight is 1410 g/mol. The zero-order valence-corrected chi connectivity index (χ0v) is 61.5. The van der Waals surface area contributed by atoms with Gasteiger partial charge in [-0.1, -0.05) is 152 Å². The van der Waals surface area contributed by atoms with Gasteiger partial charge >= 0.3 is 0 Å². The van der Waals surface area contributed by atoms with E-state index in [1.54, 1.807) is 0 Å². The average Bonchev–Trinajstić information content (AvgIpc) is 1.74. The van der Waals surface area contributed by atoms with Gasteiger partial charge in [-0.25, -0.2) is 0 Å². The number of hydrogen-bond donors (Lipinski definition) is 0. The van der Waals surface area contributed by atoms with E-state index in [0.717, 1.165) is 156 Å². The van der Waals surface area contributed by atoms with Crippen LogP contribution >= 0.6 is 0 Å². The van der Waals surface area contributed by atoms with Crippen molar-refractivity contribution in [3.8, 4) is 46.0 Å². The summed E-state index contributed by atoms with van der Waals surface area (Å²) in [6.07, 6.45) is 2.01. The summed E-state index contributed by atoms with van der Waals surface area (Å²) in [5.74, 6) is 6.51. The molecule has 8 heterocycles. The van der Waals surface area contributed by atoms with Gasteiger partial charge in [0.15, 0.2) is 0 Å². The second kappa shape index (κ2) is 29.3. The normalized spacial score (nSPS) is 21.9. The highest BCUT2D eigenvalue weighted by molar-refractivity contribution is 5.60. The van der Waals surface area contributed by atoms with Crippen molar-refractivity contribution in [1.29, 1.82) is 0 Å². The Bertz CT molecular complexity index is 4320. The first-order valence-electron chi connectivity index (χ1n) is 37.3. The Morgan fingerprint density at radius 1 is 0.250 bits per heavy atom. The van der Waals surface area contributed by atoms with E-state index in [4.69, 9.17) is 75.8 Å². The van der Waals surface area contributed by atoms with Crippen LogP contribution in [0.15, 0.2) is 152 Å². The van der Waals surface area contributed by atoms with Crippen molar-refractivity contribution in [2.24, 2.45) is 0 Å². The van der Waals surface area contributed by atoms with Crippen LogP contribution in [0, 0.1) is 6.92 Å². The van der Waals surface area contributed by atoms with E-state index >= 15 is 0 Å². The van der Waals surface area contributed by atoms with Crippen LogP contribution in [0.3, 0.4) is 0 Å². The molecule has 8 fully saturated rings. The fourth-order valence-electron chi connectivity index (χ4n) is 13.9. The summed E-state index contributed by atoms with van der Waals surface area (Å²) in [4.78, 5) is 0. The second-order valence-corrected chi connectivity index (χ2v) is 31.6. The summed E-state index contributed by atoms with van der Waals surface area (Å²) in [5.41, 5.74) is 14.4. The minimum absolute atomic E-state index is 0.0377. The number of aryl methyl sites for hydroxylation is 1. The molecule has 0 aromatic heterocycles. The first-order chi connectivity index (χ1) is 50.3. The zero-order valence-electron chi connectivity index (χ0n) is 61.5. The lowest BCUT2D eigenvalue weighted by molar-refractivity contribution is 0.256. The number of ether oxygens (including phenoxy) is 16. The van der Waals surface area contributed by atoms with E-state index in [9.17, 15) is 0 Å². The lowest BCUT2D eigenvalue weighted by atomic mass is 9.74. The van der Waals surface area contributed by atoms with Crippen molar-refractivity contribution >= 4 is 0 Å². The highest BCUT2D eigenvalue weighted by atomic mass is 16.6. The first kappa shape index (κ1) is 70.2. The number of benzene rings is 8. The monoisotopic (exact) mass is 1410 g/mol. The second-order valence-electron chi connectivity index (χ2n) is 31.6. The Labute approximate surface area is 611 Å². The summed E-state index contributed by atoms with van der Waals surface area (Å²) in [5, 5.41) is 0. The molecule has 8 saturated heterocycles. The fraction of sp³-hybridized carbons (Fsp3) is 0.455. The highest BCUT2D eigenvalue weighted by Crippen LogP contribution is 2.47. The van der Waals surface area contributed by atoms with Crippen molar-refractivity contribution < 1.29 is 75.8 Å². The molecule has 0 spiro atoms. The lowest BCUT2D eigenvalue weighted by Gasteiger charge is -2.31. The largest absolute Gasteiger partial charge is 0.491 e. The van der Waals surface area contributed by atoms with Gasteiger partial charge in [0.2, 0.25) is 0 Å². The molecule has 0 saturated carbocycles.